The minimum absolute atomic E-state index is 0.00171. The number of aliphatic hydroxyl groups excluding tert-OH is 1. The van der Waals surface area contributed by atoms with Crippen molar-refractivity contribution < 1.29 is 22.7 Å². The molecule has 1 aliphatic heterocycles. The van der Waals surface area contributed by atoms with Crippen LogP contribution in [0.1, 0.15) is 46.4 Å². The lowest BCUT2D eigenvalue weighted by molar-refractivity contribution is 0.0912. The second-order valence-corrected chi connectivity index (χ2v) is 10.8. The number of sulfonamides is 1. The third-order valence-electron chi connectivity index (χ3n) is 6.34. The number of nitrogens with one attached hydrogen (secondary N) is 1. The molecule has 0 aliphatic carbocycles. The van der Waals surface area contributed by atoms with Crippen molar-refractivity contribution in [2.75, 3.05) is 31.7 Å². The Balaban J connectivity index is 1.52. The summed E-state index contributed by atoms with van der Waals surface area (Å²) in [5.41, 5.74) is 7.88. The number of carbonyl (C=O) groups excluding carboxylic acids is 1. The van der Waals surface area contributed by atoms with Crippen LogP contribution in [0.4, 0.5) is 10.2 Å². The molecular weight excluding hydrogens is 485 g/mol. The van der Waals surface area contributed by atoms with Gasteiger partial charge in [-0.3, -0.25) is 4.79 Å². The number of anilines is 1. The number of nitrogen functional groups attached to an aromatic ring is 1. The molecule has 9 nitrogen and oxygen atoms in total. The lowest BCUT2D eigenvalue weighted by atomic mass is 9.94. The predicted molar refractivity (Wildman–Crippen MR) is 134 cm³/mol. The quantitative estimate of drug-likeness (QED) is 0.441. The van der Waals surface area contributed by atoms with Gasteiger partial charge in [0, 0.05) is 24.6 Å². The first-order valence-corrected chi connectivity index (χ1v) is 13.4. The molecule has 0 spiro atoms. The van der Waals surface area contributed by atoms with Crippen molar-refractivity contribution in [3.05, 3.63) is 77.4 Å². The van der Waals surface area contributed by atoms with Crippen LogP contribution in [0.2, 0.25) is 0 Å². The Hall–Kier alpha value is -3.41. The SMILES string of the molecule is CS(=O)(=O)N1CCC(c2cnc(N)c(-c3ccc(C(=O)NC(CO)c4ccccc4)c(F)c3)n2)CC1. The Morgan fingerprint density at radius 3 is 2.53 bits per heavy atom. The molecule has 1 amide bonds. The monoisotopic (exact) mass is 513 g/mol. The second-order valence-electron chi connectivity index (χ2n) is 8.78. The lowest BCUT2D eigenvalue weighted by Crippen LogP contribution is -2.37. The van der Waals surface area contributed by atoms with E-state index < -0.39 is 27.8 Å². The molecule has 1 saturated heterocycles. The standard InChI is InChI=1S/C25H28FN5O4S/c1-36(34,35)31-11-9-17(10-12-31)21-14-28-24(27)23(29-21)18-7-8-19(20(26)13-18)25(33)30-22(15-32)16-5-3-2-4-6-16/h2-8,13-14,17,22,32H,9-12,15H2,1H3,(H2,27,28)(H,30,33). The number of nitrogens with zero attached hydrogens (tertiary/aromatic N) is 3. The molecule has 4 N–H and O–H groups in total. The Labute approximate surface area is 209 Å². The van der Waals surface area contributed by atoms with Crippen molar-refractivity contribution >= 4 is 21.7 Å². The van der Waals surface area contributed by atoms with Crippen LogP contribution in [0, 0.1) is 5.82 Å². The van der Waals surface area contributed by atoms with E-state index in [1.165, 1.54) is 22.7 Å². The molecule has 3 aromatic rings. The fourth-order valence-corrected chi connectivity index (χ4v) is 5.18. The van der Waals surface area contributed by atoms with Gasteiger partial charge >= 0.3 is 0 Å². The van der Waals surface area contributed by atoms with Gasteiger partial charge in [-0.15, -0.1) is 0 Å². The van der Waals surface area contributed by atoms with Gasteiger partial charge < -0.3 is 16.2 Å². The first-order valence-electron chi connectivity index (χ1n) is 11.5. The van der Waals surface area contributed by atoms with Crippen molar-refractivity contribution in [1.82, 2.24) is 19.6 Å². The van der Waals surface area contributed by atoms with E-state index in [9.17, 15) is 18.3 Å². The highest BCUT2D eigenvalue weighted by Gasteiger charge is 2.27. The van der Waals surface area contributed by atoms with Gasteiger partial charge in [0.05, 0.1) is 36.4 Å². The summed E-state index contributed by atoms with van der Waals surface area (Å²) in [7, 11) is -3.24. The normalized spacial score (nSPS) is 16.0. The molecule has 4 rings (SSSR count). The van der Waals surface area contributed by atoms with Gasteiger partial charge in [0.25, 0.3) is 5.91 Å². The van der Waals surface area contributed by atoms with Crippen LogP contribution in [0.15, 0.2) is 54.7 Å². The summed E-state index contributed by atoms with van der Waals surface area (Å²) < 4.78 is 40.0. The van der Waals surface area contributed by atoms with Crippen LogP contribution in [0.25, 0.3) is 11.3 Å². The van der Waals surface area contributed by atoms with E-state index in [2.05, 4.69) is 15.3 Å². The van der Waals surface area contributed by atoms with Crippen molar-refractivity contribution in [2.45, 2.75) is 24.8 Å². The van der Waals surface area contributed by atoms with E-state index in [1.54, 1.807) is 36.5 Å². The van der Waals surface area contributed by atoms with Gasteiger partial charge in [0.2, 0.25) is 10.0 Å². The zero-order chi connectivity index (χ0) is 25.9. The van der Waals surface area contributed by atoms with Gasteiger partial charge in [-0.05, 0) is 30.5 Å². The van der Waals surface area contributed by atoms with E-state index in [1.807, 2.05) is 6.07 Å². The Kier molecular flexibility index (Phi) is 7.62. The Morgan fingerprint density at radius 1 is 1.22 bits per heavy atom. The third kappa shape index (κ3) is 5.69. The maximum Gasteiger partial charge on any atom is 0.254 e. The minimum Gasteiger partial charge on any atom is -0.394 e. The third-order valence-corrected chi connectivity index (χ3v) is 7.64. The number of hydrogen-bond acceptors (Lipinski definition) is 7. The second kappa shape index (κ2) is 10.7. The number of halogens is 1. The molecule has 1 aliphatic rings. The Bertz CT molecular complexity index is 1350. The Morgan fingerprint density at radius 2 is 1.92 bits per heavy atom. The van der Waals surface area contributed by atoms with E-state index in [0.717, 1.165) is 0 Å². The molecule has 1 aromatic heterocycles. The van der Waals surface area contributed by atoms with Gasteiger partial charge in [-0.1, -0.05) is 36.4 Å². The summed E-state index contributed by atoms with van der Waals surface area (Å²) in [6.07, 6.45) is 3.94. The molecule has 2 heterocycles. The van der Waals surface area contributed by atoms with Crippen LogP contribution < -0.4 is 11.1 Å². The highest BCUT2D eigenvalue weighted by molar-refractivity contribution is 7.88. The predicted octanol–water partition coefficient (Wildman–Crippen LogP) is 2.47. The molecule has 1 atom stereocenters. The average Bonchev–Trinajstić information content (AvgIpc) is 2.87. The molecule has 36 heavy (non-hydrogen) atoms. The highest BCUT2D eigenvalue weighted by Crippen LogP contribution is 2.31. The number of piperidine rings is 1. The minimum atomic E-state index is -3.24. The fraction of sp³-hybridized carbons (Fsp3) is 0.320. The first kappa shape index (κ1) is 25.7. The van der Waals surface area contributed by atoms with Crippen LogP contribution in [-0.4, -0.2) is 59.7 Å². The van der Waals surface area contributed by atoms with Crippen LogP contribution >= 0.6 is 0 Å². The summed E-state index contributed by atoms with van der Waals surface area (Å²) in [6.45, 7) is 0.444. The average molecular weight is 514 g/mol. The van der Waals surface area contributed by atoms with Crippen molar-refractivity contribution in [3.63, 3.8) is 0 Å². The zero-order valence-electron chi connectivity index (χ0n) is 19.8. The highest BCUT2D eigenvalue weighted by atomic mass is 32.2. The van der Waals surface area contributed by atoms with Crippen LogP contribution in [-0.2, 0) is 10.0 Å². The molecule has 0 radical (unpaired) electrons. The molecular formula is C25H28FN5O4S. The molecule has 2 aromatic carbocycles. The van der Waals surface area contributed by atoms with Crippen LogP contribution in [0.3, 0.4) is 0 Å². The maximum absolute atomic E-state index is 15.0. The number of nitrogens with two attached hydrogens (primary N) is 1. The molecule has 1 unspecified atom stereocenters. The number of carbonyl (C=O) groups is 1. The molecule has 0 saturated carbocycles. The summed E-state index contributed by atoms with van der Waals surface area (Å²) in [6, 6.07) is 12.3. The first-order chi connectivity index (χ1) is 17.2. The van der Waals surface area contributed by atoms with Crippen molar-refractivity contribution in [2.24, 2.45) is 0 Å². The van der Waals surface area contributed by atoms with Crippen molar-refractivity contribution in [1.29, 1.82) is 0 Å². The number of hydrogen-bond donors (Lipinski definition) is 3. The fourth-order valence-electron chi connectivity index (χ4n) is 4.31. The molecule has 1 fully saturated rings. The summed E-state index contributed by atoms with van der Waals surface area (Å²) in [5.74, 6) is -1.30. The van der Waals surface area contributed by atoms with Gasteiger partial charge in [0.1, 0.15) is 17.3 Å². The molecule has 190 valence electrons. The van der Waals surface area contributed by atoms with Crippen molar-refractivity contribution in [3.8, 4) is 11.3 Å². The summed E-state index contributed by atoms with van der Waals surface area (Å²) >= 11 is 0. The number of aromatic nitrogens is 2. The topological polar surface area (TPSA) is 139 Å². The number of aliphatic hydroxyl groups is 1. The van der Waals surface area contributed by atoms with Gasteiger partial charge in [0.15, 0.2) is 0 Å². The van der Waals surface area contributed by atoms with Crippen LogP contribution in [0.5, 0.6) is 0 Å². The number of amides is 1. The summed E-state index contributed by atoms with van der Waals surface area (Å²) in [5, 5.41) is 12.3. The number of benzene rings is 2. The zero-order valence-corrected chi connectivity index (χ0v) is 20.6. The molecule has 11 heteroatoms. The largest absolute Gasteiger partial charge is 0.394 e. The smallest absolute Gasteiger partial charge is 0.254 e. The van der Waals surface area contributed by atoms with Gasteiger partial charge in [-0.25, -0.2) is 27.1 Å². The maximum atomic E-state index is 15.0. The van der Waals surface area contributed by atoms with E-state index >= 15 is 4.39 Å². The lowest BCUT2D eigenvalue weighted by Gasteiger charge is -2.29. The summed E-state index contributed by atoms with van der Waals surface area (Å²) in [4.78, 5) is 21.6. The van der Waals surface area contributed by atoms with E-state index in [0.29, 0.717) is 48.4 Å². The number of rotatable bonds is 7. The van der Waals surface area contributed by atoms with E-state index in [-0.39, 0.29) is 23.9 Å². The van der Waals surface area contributed by atoms with Gasteiger partial charge in [-0.2, -0.15) is 0 Å². The molecule has 0 bridgehead atoms. The van der Waals surface area contributed by atoms with E-state index in [4.69, 9.17) is 5.73 Å².